The van der Waals surface area contributed by atoms with Crippen molar-refractivity contribution in [2.24, 2.45) is 7.05 Å². The van der Waals surface area contributed by atoms with E-state index in [2.05, 4.69) is 49.4 Å². The van der Waals surface area contributed by atoms with Gasteiger partial charge in [0.2, 0.25) is 5.95 Å². The van der Waals surface area contributed by atoms with Crippen LogP contribution in [0.2, 0.25) is 0 Å². The van der Waals surface area contributed by atoms with E-state index in [9.17, 15) is 0 Å². The molecule has 0 radical (unpaired) electrons. The number of nitrogens with zero attached hydrogens (tertiary/aromatic N) is 6. The van der Waals surface area contributed by atoms with Gasteiger partial charge in [-0.2, -0.15) is 4.98 Å². The predicted octanol–water partition coefficient (Wildman–Crippen LogP) is 4.20. The number of nitrogens with one attached hydrogen (secondary N) is 1. The number of anilines is 2. The average Bonchev–Trinajstić information content (AvgIpc) is 3.16. The van der Waals surface area contributed by atoms with E-state index < -0.39 is 0 Å². The van der Waals surface area contributed by atoms with Crippen LogP contribution < -0.4 is 5.32 Å². The lowest BCUT2D eigenvalue weighted by Crippen LogP contribution is -2.31. The third kappa shape index (κ3) is 4.41. The van der Waals surface area contributed by atoms with Crippen LogP contribution in [0.3, 0.4) is 0 Å². The zero-order chi connectivity index (χ0) is 21.0. The quantitative estimate of drug-likeness (QED) is 0.511. The Bertz CT molecular complexity index is 1150. The number of piperidine rings is 1. The molecular weight excluding hydrogens is 386 g/mol. The zero-order valence-electron chi connectivity index (χ0n) is 17.8. The molecule has 5 rings (SSSR count). The Morgan fingerprint density at radius 2 is 1.71 bits per heavy atom. The summed E-state index contributed by atoms with van der Waals surface area (Å²) in [5, 5.41) is 3.32. The van der Waals surface area contributed by atoms with Crippen molar-refractivity contribution >= 4 is 22.8 Å². The van der Waals surface area contributed by atoms with E-state index in [1.165, 1.54) is 37.9 Å². The van der Waals surface area contributed by atoms with Gasteiger partial charge in [-0.05, 0) is 62.2 Å². The lowest BCUT2D eigenvalue weighted by molar-refractivity contribution is 0.231. The van der Waals surface area contributed by atoms with Crippen LogP contribution in [0.5, 0.6) is 0 Å². The molecule has 1 fully saturated rings. The molecule has 1 aromatic carbocycles. The fraction of sp³-hybridized carbons (Fsp3) is 0.333. The minimum atomic E-state index is 0.567. The Hall–Kier alpha value is -3.32. The molecule has 0 unspecified atom stereocenters. The first-order valence-corrected chi connectivity index (χ1v) is 10.9. The lowest BCUT2D eigenvalue weighted by atomic mass is 10.1. The molecular formula is C24H27N7. The summed E-state index contributed by atoms with van der Waals surface area (Å²) < 4.78 is 1.99. The second-order valence-electron chi connectivity index (χ2n) is 8.11. The zero-order valence-corrected chi connectivity index (χ0v) is 17.8. The van der Waals surface area contributed by atoms with Crippen LogP contribution in [0.4, 0.5) is 11.6 Å². The Kier molecular flexibility index (Phi) is 5.58. The summed E-state index contributed by atoms with van der Waals surface area (Å²) in [7, 11) is 1.97. The van der Waals surface area contributed by atoms with Gasteiger partial charge in [-0.15, -0.1) is 0 Å². The van der Waals surface area contributed by atoms with Gasteiger partial charge in [-0.1, -0.05) is 18.6 Å². The molecule has 4 aromatic rings. The second kappa shape index (κ2) is 8.81. The molecule has 31 heavy (non-hydrogen) atoms. The van der Waals surface area contributed by atoms with Gasteiger partial charge in [0.15, 0.2) is 5.65 Å². The van der Waals surface area contributed by atoms with Gasteiger partial charge < -0.3 is 14.8 Å². The maximum atomic E-state index is 4.69. The Labute approximate surface area is 182 Å². The molecule has 158 valence electrons. The van der Waals surface area contributed by atoms with E-state index in [4.69, 9.17) is 4.98 Å². The summed E-state index contributed by atoms with van der Waals surface area (Å²) in [5.74, 6) is 1.42. The largest absolute Gasteiger partial charge is 0.324 e. The molecule has 0 spiro atoms. The summed E-state index contributed by atoms with van der Waals surface area (Å²) in [6, 6.07) is 12.5. The number of rotatable bonds is 6. The van der Waals surface area contributed by atoms with Gasteiger partial charge in [0, 0.05) is 37.2 Å². The summed E-state index contributed by atoms with van der Waals surface area (Å²) in [4.78, 5) is 20.5. The van der Waals surface area contributed by atoms with Crippen LogP contribution in [-0.4, -0.2) is 49.0 Å². The van der Waals surface area contributed by atoms with E-state index in [-0.39, 0.29) is 0 Å². The average molecular weight is 414 g/mol. The summed E-state index contributed by atoms with van der Waals surface area (Å²) >= 11 is 0. The minimum absolute atomic E-state index is 0.567. The first kappa shape index (κ1) is 19.6. The highest BCUT2D eigenvalue weighted by Crippen LogP contribution is 2.23. The van der Waals surface area contributed by atoms with Crippen molar-refractivity contribution in [1.29, 1.82) is 0 Å². The highest BCUT2D eigenvalue weighted by atomic mass is 15.2. The van der Waals surface area contributed by atoms with Crippen LogP contribution >= 0.6 is 0 Å². The van der Waals surface area contributed by atoms with Crippen LogP contribution in [0.15, 0.2) is 55.0 Å². The molecule has 0 amide bonds. The second-order valence-corrected chi connectivity index (χ2v) is 8.11. The third-order valence-electron chi connectivity index (χ3n) is 5.93. The van der Waals surface area contributed by atoms with Crippen molar-refractivity contribution in [3.05, 3.63) is 60.6 Å². The van der Waals surface area contributed by atoms with Crippen LogP contribution in [-0.2, 0) is 13.5 Å². The Morgan fingerprint density at radius 3 is 2.48 bits per heavy atom. The maximum Gasteiger partial charge on any atom is 0.229 e. The lowest BCUT2D eigenvalue weighted by Gasteiger charge is -2.26. The first-order chi connectivity index (χ1) is 15.3. The molecule has 1 N–H and O–H groups in total. The molecule has 0 bridgehead atoms. The number of benzene rings is 1. The smallest absolute Gasteiger partial charge is 0.229 e. The van der Waals surface area contributed by atoms with Gasteiger partial charge in [0.05, 0.1) is 6.20 Å². The molecule has 1 saturated heterocycles. The minimum Gasteiger partial charge on any atom is -0.324 e. The predicted molar refractivity (Wildman–Crippen MR) is 123 cm³/mol. The Morgan fingerprint density at radius 1 is 0.935 bits per heavy atom. The normalized spacial score (nSPS) is 14.7. The van der Waals surface area contributed by atoms with Crippen molar-refractivity contribution in [2.45, 2.75) is 25.7 Å². The molecule has 3 aromatic heterocycles. The Balaban J connectivity index is 1.28. The number of hydrogen-bond acceptors (Lipinski definition) is 6. The van der Waals surface area contributed by atoms with Crippen LogP contribution in [0.1, 0.15) is 24.8 Å². The topological polar surface area (TPSA) is 71.8 Å². The standard InChI is InChI=1S/C24H27N7/c1-30-22(19-9-12-25-13-10-19)28-21-17-26-24(29-23(21)30)27-20-7-5-18(6-8-20)11-16-31-14-3-2-4-15-31/h5-10,12-13,17H,2-4,11,14-16H2,1H3,(H,26,27,29). The summed E-state index contributed by atoms with van der Waals surface area (Å²) in [5.41, 5.74) is 4.92. The van der Waals surface area contributed by atoms with Crippen molar-refractivity contribution < 1.29 is 0 Å². The highest BCUT2D eigenvalue weighted by molar-refractivity contribution is 5.77. The van der Waals surface area contributed by atoms with Crippen molar-refractivity contribution in [3.8, 4) is 11.4 Å². The van der Waals surface area contributed by atoms with E-state index in [1.54, 1.807) is 18.6 Å². The number of imidazole rings is 1. The summed E-state index contributed by atoms with van der Waals surface area (Å²) in [6.45, 7) is 3.64. The highest BCUT2D eigenvalue weighted by Gasteiger charge is 2.13. The molecule has 7 nitrogen and oxygen atoms in total. The first-order valence-electron chi connectivity index (χ1n) is 10.9. The molecule has 0 aliphatic carbocycles. The van der Waals surface area contributed by atoms with E-state index in [0.29, 0.717) is 5.95 Å². The van der Waals surface area contributed by atoms with E-state index >= 15 is 0 Å². The van der Waals surface area contributed by atoms with Gasteiger partial charge in [-0.3, -0.25) is 4.98 Å². The van der Waals surface area contributed by atoms with E-state index in [1.807, 2.05) is 23.7 Å². The SMILES string of the molecule is Cn1c(-c2ccncc2)nc2cnc(Nc3ccc(CCN4CCCCC4)cc3)nc21. The van der Waals surface area contributed by atoms with Crippen molar-refractivity contribution in [3.63, 3.8) is 0 Å². The number of aryl methyl sites for hydroxylation is 1. The third-order valence-corrected chi connectivity index (χ3v) is 5.93. The number of aromatic nitrogens is 5. The van der Waals surface area contributed by atoms with Crippen LogP contribution in [0, 0.1) is 0 Å². The van der Waals surface area contributed by atoms with Gasteiger partial charge >= 0.3 is 0 Å². The van der Waals surface area contributed by atoms with Crippen molar-refractivity contribution in [2.75, 3.05) is 25.0 Å². The monoisotopic (exact) mass is 413 g/mol. The van der Waals surface area contributed by atoms with Gasteiger partial charge in [0.1, 0.15) is 11.3 Å². The van der Waals surface area contributed by atoms with Gasteiger partial charge in [-0.25, -0.2) is 9.97 Å². The fourth-order valence-corrected chi connectivity index (χ4v) is 4.16. The maximum absolute atomic E-state index is 4.69. The molecule has 7 heteroatoms. The molecule has 0 saturated carbocycles. The molecule has 1 aliphatic rings. The summed E-state index contributed by atoms with van der Waals surface area (Å²) in [6.07, 6.45) is 10.5. The van der Waals surface area contributed by atoms with Crippen LogP contribution in [0.25, 0.3) is 22.6 Å². The fourth-order valence-electron chi connectivity index (χ4n) is 4.16. The van der Waals surface area contributed by atoms with E-state index in [0.717, 1.165) is 41.2 Å². The van der Waals surface area contributed by atoms with Gasteiger partial charge in [0.25, 0.3) is 0 Å². The number of pyridine rings is 1. The number of fused-ring (bicyclic) bond motifs is 1. The van der Waals surface area contributed by atoms with Crippen molar-refractivity contribution in [1.82, 2.24) is 29.4 Å². The molecule has 4 heterocycles. The number of hydrogen-bond donors (Lipinski definition) is 1. The molecule has 1 aliphatic heterocycles. The molecule has 0 atom stereocenters. The number of likely N-dealkylation sites (tertiary alicyclic amines) is 1.